The van der Waals surface area contributed by atoms with Gasteiger partial charge in [-0.1, -0.05) is 50.2 Å². The van der Waals surface area contributed by atoms with Crippen molar-refractivity contribution in [3.05, 3.63) is 82.9 Å². The number of carboxylic acid groups (broad SMARTS) is 2. The number of amides is 1. The molecule has 1 amide bonds. The van der Waals surface area contributed by atoms with Gasteiger partial charge in [0, 0.05) is 31.2 Å². The van der Waals surface area contributed by atoms with Crippen molar-refractivity contribution in [2.24, 2.45) is 11.8 Å². The highest BCUT2D eigenvalue weighted by atomic mass is 16.5. The monoisotopic (exact) mass is 564 g/mol. The molecular weight excluding hydrogens is 524 g/mol. The molecule has 1 unspecified atom stereocenters. The average Bonchev–Trinajstić information content (AvgIpc) is 2.98. The molecule has 2 N–H and O–H groups in total. The van der Waals surface area contributed by atoms with Crippen LogP contribution in [0.2, 0.25) is 0 Å². The second kappa shape index (κ2) is 15.1. The largest absolute Gasteiger partial charge is 0.478 e. The molecule has 2 aromatic carbocycles. The SMILES string of the molecule is COC(=O)c1ccc2c(c1)CCN(C(=O)C1CCN(CCc3ccccc3)CC1)C2C(C)C.O=C(O)/C=C/C(=O)O. The second-order valence-corrected chi connectivity index (χ2v) is 10.7. The van der Waals surface area contributed by atoms with Crippen LogP contribution in [0.1, 0.15) is 59.8 Å². The van der Waals surface area contributed by atoms with E-state index in [0.717, 1.165) is 50.9 Å². The third kappa shape index (κ3) is 9.01. The zero-order valence-electron chi connectivity index (χ0n) is 24.0. The van der Waals surface area contributed by atoms with Crippen molar-refractivity contribution >= 4 is 23.8 Å². The van der Waals surface area contributed by atoms with Gasteiger partial charge in [-0.05, 0) is 73.5 Å². The van der Waals surface area contributed by atoms with Gasteiger partial charge in [-0.3, -0.25) is 4.79 Å². The van der Waals surface area contributed by atoms with E-state index in [2.05, 4.69) is 54.0 Å². The van der Waals surface area contributed by atoms with E-state index in [1.165, 1.54) is 18.2 Å². The summed E-state index contributed by atoms with van der Waals surface area (Å²) < 4.78 is 4.88. The number of carbonyl (C=O) groups excluding carboxylic acids is 2. The van der Waals surface area contributed by atoms with Crippen LogP contribution < -0.4 is 0 Å². The van der Waals surface area contributed by atoms with E-state index in [9.17, 15) is 19.2 Å². The standard InChI is InChI=1S/C28H36N2O3.C4H4O4/c1-20(2)26-25-10-9-24(28(32)33-3)19-23(25)14-18-30(26)27(31)22-12-16-29(17-13-22)15-11-21-7-5-4-6-8-21;5-3(6)1-2-4(7)8/h4-10,19-20,22,26H,11-18H2,1-3H3;1-2H,(H,5,6)(H,7,8)/b;2-1+. The first kappa shape index (κ1) is 31.5. The molecule has 2 aliphatic rings. The third-order valence-corrected chi connectivity index (χ3v) is 7.62. The smallest absolute Gasteiger partial charge is 0.337 e. The van der Waals surface area contributed by atoms with Gasteiger partial charge < -0.3 is 24.7 Å². The van der Waals surface area contributed by atoms with Crippen LogP contribution in [0.5, 0.6) is 0 Å². The molecule has 0 saturated carbocycles. The lowest BCUT2D eigenvalue weighted by atomic mass is 9.83. The highest BCUT2D eigenvalue weighted by molar-refractivity contribution is 5.90. The van der Waals surface area contributed by atoms with Crippen molar-refractivity contribution in [2.45, 2.75) is 45.6 Å². The topological polar surface area (TPSA) is 124 Å². The van der Waals surface area contributed by atoms with Crippen molar-refractivity contribution in [3.63, 3.8) is 0 Å². The predicted molar refractivity (Wildman–Crippen MR) is 154 cm³/mol. The summed E-state index contributed by atoms with van der Waals surface area (Å²) in [7, 11) is 1.41. The van der Waals surface area contributed by atoms with Crippen molar-refractivity contribution in [1.29, 1.82) is 0 Å². The van der Waals surface area contributed by atoms with Crippen molar-refractivity contribution in [1.82, 2.24) is 9.80 Å². The summed E-state index contributed by atoms with van der Waals surface area (Å²) in [6.45, 7) is 8.11. The van der Waals surface area contributed by atoms with E-state index < -0.39 is 11.9 Å². The van der Waals surface area contributed by atoms with Gasteiger partial charge in [-0.2, -0.15) is 0 Å². The van der Waals surface area contributed by atoms with Gasteiger partial charge in [0.05, 0.1) is 18.7 Å². The Morgan fingerprint density at radius 3 is 2.15 bits per heavy atom. The summed E-state index contributed by atoms with van der Waals surface area (Å²) in [5, 5.41) is 15.6. The maximum atomic E-state index is 13.6. The summed E-state index contributed by atoms with van der Waals surface area (Å²) >= 11 is 0. The number of carboxylic acids is 2. The van der Waals surface area contributed by atoms with E-state index in [4.69, 9.17) is 14.9 Å². The first-order chi connectivity index (χ1) is 19.6. The summed E-state index contributed by atoms with van der Waals surface area (Å²) in [5.74, 6) is -2.10. The fourth-order valence-corrected chi connectivity index (χ4v) is 5.58. The molecule has 220 valence electrons. The number of methoxy groups -OCH3 is 1. The van der Waals surface area contributed by atoms with Gasteiger partial charge >= 0.3 is 17.9 Å². The summed E-state index contributed by atoms with van der Waals surface area (Å²) in [6.07, 6.45) is 4.83. The third-order valence-electron chi connectivity index (χ3n) is 7.62. The molecule has 2 heterocycles. The molecule has 0 spiro atoms. The number of fused-ring (bicyclic) bond motifs is 1. The van der Waals surface area contributed by atoms with Crippen molar-refractivity contribution < 1.29 is 34.1 Å². The van der Waals surface area contributed by atoms with Crippen LogP contribution in [-0.4, -0.2) is 77.1 Å². The van der Waals surface area contributed by atoms with E-state index in [0.29, 0.717) is 36.1 Å². The second-order valence-electron chi connectivity index (χ2n) is 10.7. The lowest BCUT2D eigenvalue weighted by Crippen LogP contribution is -2.47. The number of hydrogen-bond acceptors (Lipinski definition) is 6. The fraction of sp³-hybridized carbons (Fsp3) is 0.438. The number of esters is 1. The normalized spacial score (nSPS) is 17.5. The van der Waals surface area contributed by atoms with Crippen LogP contribution in [0.4, 0.5) is 0 Å². The van der Waals surface area contributed by atoms with E-state index >= 15 is 0 Å². The van der Waals surface area contributed by atoms with Gasteiger partial charge in [0.2, 0.25) is 5.91 Å². The molecule has 0 aromatic heterocycles. The molecule has 2 aliphatic heterocycles. The van der Waals surface area contributed by atoms with Gasteiger partial charge in [0.25, 0.3) is 0 Å². The fourth-order valence-electron chi connectivity index (χ4n) is 5.58. The van der Waals surface area contributed by atoms with Crippen LogP contribution >= 0.6 is 0 Å². The van der Waals surface area contributed by atoms with E-state index in [1.807, 2.05) is 18.2 Å². The van der Waals surface area contributed by atoms with Crippen LogP contribution in [0.25, 0.3) is 0 Å². The molecule has 4 rings (SSSR count). The van der Waals surface area contributed by atoms with E-state index in [-0.39, 0.29) is 17.9 Å². The minimum atomic E-state index is -1.26. The number of rotatable bonds is 8. The number of ether oxygens (including phenoxy) is 1. The predicted octanol–water partition coefficient (Wildman–Crippen LogP) is 4.22. The van der Waals surface area contributed by atoms with E-state index in [1.54, 1.807) is 0 Å². The van der Waals surface area contributed by atoms with Crippen LogP contribution in [-0.2, 0) is 32.0 Å². The molecule has 1 atom stereocenters. The minimum absolute atomic E-state index is 0.0593. The molecule has 0 aliphatic carbocycles. The molecule has 1 fully saturated rings. The van der Waals surface area contributed by atoms with Crippen molar-refractivity contribution in [3.8, 4) is 0 Å². The number of piperidine rings is 1. The zero-order chi connectivity index (χ0) is 29.9. The Labute approximate surface area is 241 Å². The molecular formula is C32H40N2O7. The first-order valence-electron chi connectivity index (χ1n) is 14.0. The van der Waals surface area contributed by atoms with Gasteiger partial charge in [-0.25, -0.2) is 14.4 Å². The maximum absolute atomic E-state index is 13.6. The quantitative estimate of drug-likeness (QED) is 0.361. The number of aliphatic carboxylic acids is 2. The summed E-state index contributed by atoms with van der Waals surface area (Å²) in [5.41, 5.74) is 4.30. The molecule has 9 heteroatoms. The number of nitrogens with zero attached hydrogens (tertiary/aromatic N) is 2. The minimum Gasteiger partial charge on any atom is -0.478 e. The Morgan fingerprint density at radius 1 is 0.951 bits per heavy atom. The lowest BCUT2D eigenvalue weighted by Gasteiger charge is -2.42. The molecule has 0 bridgehead atoms. The first-order valence-corrected chi connectivity index (χ1v) is 14.0. The van der Waals surface area contributed by atoms with Crippen molar-refractivity contribution in [2.75, 3.05) is 33.3 Å². The number of likely N-dealkylation sites (tertiary alicyclic amines) is 1. The summed E-state index contributed by atoms with van der Waals surface area (Å²) in [4.78, 5) is 49.3. The van der Waals surface area contributed by atoms with Crippen LogP contribution in [0.3, 0.4) is 0 Å². The Kier molecular flexibility index (Phi) is 11.6. The summed E-state index contributed by atoms with van der Waals surface area (Å²) in [6, 6.07) is 16.5. The van der Waals surface area contributed by atoms with Crippen LogP contribution in [0.15, 0.2) is 60.7 Å². The zero-order valence-corrected chi connectivity index (χ0v) is 24.0. The highest BCUT2D eigenvalue weighted by Gasteiger charge is 2.37. The Bertz CT molecular complexity index is 1220. The lowest BCUT2D eigenvalue weighted by molar-refractivity contribution is -0.141. The number of carbonyl (C=O) groups is 4. The van der Waals surface area contributed by atoms with Gasteiger partial charge in [-0.15, -0.1) is 0 Å². The van der Waals surface area contributed by atoms with Gasteiger partial charge in [0.15, 0.2) is 0 Å². The van der Waals surface area contributed by atoms with Crippen LogP contribution in [0, 0.1) is 11.8 Å². The Balaban J connectivity index is 0.000000507. The Hall–Kier alpha value is -3.98. The molecule has 1 saturated heterocycles. The highest BCUT2D eigenvalue weighted by Crippen LogP contribution is 2.37. The molecule has 0 radical (unpaired) electrons. The molecule has 9 nitrogen and oxygen atoms in total. The molecule has 2 aromatic rings. The number of benzene rings is 2. The maximum Gasteiger partial charge on any atom is 0.337 e. The number of hydrogen-bond donors (Lipinski definition) is 2. The van der Waals surface area contributed by atoms with Gasteiger partial charge in [0.1, 0.15) is 0 Å². The molecule has 41 heavy (non-hydrogen) atoms. The Morgan fingerprint density at radius 2 is 1.59 bits per heavy atom. The average molecular weight is 565 g/mol.